The Labute approximate surface area is 126 Å². The number of aliphatic hydroxyl groups is 1. The van der Waals surface area contributed by atoms with E-state index in [9.17, 15) is 14.7 Å². The van der Waals surface area contributed by atoms with E-state index in [0.29, 0.717) is 17.0 Å². The Morgan fingerprint density at radius 2 is 2.05 bits per heavy atom. The maximum Gasteiger partial charge on any atom is 0.287 e. The summed E-state index contributed by atoms with van der Waals surface area (Å²) in [6, 6.07) is 3.10. The van der Waals surface area contributed by atoms with E-state index >= 15 is 0 Å². The van der Waals surface area contributed by atoms with Crippen molar-refractivity contribution < 1.29 is 19.1 Å². The Morgan fingerprint density at radius 3 is 2.60 bits per heavy atom. The molecule has 6 nitrogen and oxygen atoms in total. The van der Waals surface area contributed by atoms with Crippen molar-refractivity contribution in [3.05, 3.63) is 22.6 Å². The molecule has 3 N–H and O–H groups in total. The SMILES string of the molecule is CC(C)CC(O)CNC(=O)CNC(=O)c1ccc(Br)o1. The van der Waals surface area contributed by atoms with E-state index in [1.54, 1.807) is 6.07 Å². The van der Waals surface area contributed by atoms with E-state index in [1.807, 2.05) is 13.8 Å². The quantitative estimate of drug-likeness (QED) is 0.693. The number of hydrogen-bond donors (Lipinski definition) is 3. The third kappa shape index (κ3) is 6.21. The lowest BCUT2D eigenvalue weighted by molar-refractivity contribution is -0.120. The minimum Gasteiger partial charge on any atom is -0.444 e. The highest BCUT2D eigenvalue weighted by Crippen LogP contribution is 2.13. The Morgan fingerprint density at radius 1 is 1.35 bits per heavy atom. The van der Waals surface area contributed by atoms with Gasteiger partial charge in [0.1, 0.15) is 0 Å². The highest BCUT2D eigenvalue weighted by molar-refractivity contribution is 9.10. The number of rotatable bonds is 7. The first-order valence-corrected chi connectivity index (χ1v) is 7.16. The van der Waals surface area contributed by atoms with Crippen LogP contribution in [0.3, 0.4) is 0 Å². The molecule has 2 amide bonds. The zero-order valence-corrected chi connectivity index (χ0v) is 13.1. The summed E-state index contributed by atoms with van der Waals surface area (Å²) < 4.78 is 5.50. The Bertz CT molecular complexity index is 459. The first-order chi connectivity index (χ1) is 9.38. The lowest BCUT2D eigenvalue weighted by Gasteiger charge is -2.13. The van der Waals surface area contributed by atoms with Crippen LogP contribution in [-0.4, -0.2) is 36.1 Å². The van der Waals surface area contributed by atoms with Crippen molar-refractivity contribution in [2.24, 2.45) is 5.92 Å². The summed E-state index contributed by atoms with van der Waals surface area (Å²) in [5, 5.41) is 14.6. The second-order valence-electron chi connectivity index (χ2n) is 4.87. The Balaban J connectivity index is 2.24. The first-order valence-electron chi connectivity index (χ1n) is 6.36. The molecule has 0 aliphatic heterocycles. The number of halogens is 1. The van der Waals surface area contributed by atoms with E-state index in [0.717, 1.165) is 0 Å². The predicted molar refractivity (Wildman–Crippen MR) is 77.2 cm³/mol. The molecule has 0 bridgehead atoms. The van der Waals surface area contributed by atoms with Gasteiger partial charge in [-0.05, 0) is 40.4 Å². The van der Waals surface area contributed by atoms with Gasteiger partial charge in [-0.2, -0.15) is 0 Å². The Kier molecular flexibility index (Phi) is 6.74. The summed E-state index contributed by atoms with van der Waals surface area (Å²) in [5.41, 5.74) is 0. The lowest BCUT2D eigenvalue weighted by atomic mass is 10.1. The molecule has 0 saturated heterocycles. The molecule has 112 valence electrons. The molecule has 0 aliphatic carbocycles. The molecule has 1 rings (SSSR count). The number of furan rings is 1. The standard InChI is InChI=1S/C13H19BrN2O4/c1-8(2)5-9(17)6-15-12(18)7-16-13(19)10-3-4-11(14)20-10/h3-4,8-9,17H,5-7H2,1-2H3,(H,15,18)(H,16,19). The molecular weight excluding hydrogens is 328 g/mol. The molecule has 7 heteroatoms. The van der Waals surface area contributed by atoms with Crippen LogP contribution in [0.25, 0.3) is 0 Å². The van der Waals surface area contributed by atoms with E-state index in [1.165, 1.54) is 6.07 Å². The average Bonchev–Trinajstić information content (AvgIpc) is 2.79. The molecular formula is C13H19BrN2O4. The van der Waals surface area contributed by atoms with Gasteiger partial charge in [0.25, 0.3) is 5.91 Å². The van der Waals surface area contributed by atoms with Crippen molar-refractivity contribution in [1.82, 2.24) is 10.6 Å². The van der Waals surface area contributed by atoms with Crippen LogP contribution in [0.2, 0.25) is 0 Å². The number of amides is 2. The molecule has 0 saturated carbocycles. The maximum absolute atomic E-state index is 11.6. The fourth-order valence-electron chi connectivity index (χ4n) is 1.61. The highest BCUT2D eigenvalue weighted by atomic mass is 79.9. The van der Waals surface area contributed by atoms with Crippen LogP contribution in [0, 0.1) is 5.92 Å². The first kappa shape index (κ1) is 16.7. The van der Waals surface area contributed by atoms with Gasteiger partial charge in [0.05, 0.1) is 12.6 Å². The van der Waals surface area contributed by atoms with E-state index in [-0.39, 0.29) is 24.8 Å². The van der Waals surface area contributed by atoms with Gasteiger partial charge < -0.3 is 20.2 Å². The van der Waals surface area contributed by atoms with Crippen molar-refractivity contribution >= 4 is 27.7 Å². The van der Waals surface area contributed by atoms with Gasteiger partial charge in [-0.3, -0.25) is 9.59 Å². The molecule has 1 aromatic rings. The molecule has 0 fully saturated rings. The summed E-state index contributed by atoms with van der Waals surface area (Å²) in [5.74, 6) is -0.330. The minimum absolute atomic E-state index is 0.129. The number of carbonyl (C=O) groups is 2. The van der Waals surface area contributed by atoms with Crippen LogP contribution >= 0.6 is 15.9 Å². The fraction of sp³-hybridized carbons (Fsp3) is 0.538. The zero-order valence-electron chi connectivity index (χ0n) is 11.5. The van der Waals surface area contributed by atoms with Crippen molar-refractivity contribution in [2.75, 3.05) is 13.1 Å². The van der Waals surface area contributed by atoms with Gasteiger partial charge in [-0.25, -0.2) is 0 Å². The van der Waals surface area contributed by atoms with Gasteiger partial charge >= 0.3 is 0 Å². The number of hydrogen-bond acceptors (Lipinski definition) is 4. The predicted octanol–water partition coefficient (Wildman–Crippen LogP) is 1.30. The van der Waals surface area contributed by atoms with E-state index in [4.69, 9.17) is 4.42 Å². The number of aliphatic hydroxyl groups excluding tert-OH is 1. The zero-order chi connectivity index (χ0) is 15.1. The van der Waals surface area contributed by atoms with Gasteiger partial charge in [-0.1, -0.05) is 13.8 Å². The topological polar surface area (TPSA) is 91.6 Å². The van der Waals surface area contributed by atoms with Gasteiger partial charge in [-0.15, -0.1) is 0 Å². The van der Waals surface area contributed by atoms with Gasteiger partial charge in [0.2, 0.25) is 5.91 Å². The maximum atomic E-state index is 11.6. The second-order valence-corrected chi connectivity index (χ2v) is 5.66. The molecule has 20 heavy (non-hydrogen) atoms. The van der Waals surface area contributed by atoms with Crippen molar-refractivity contribution in [3.63, 3.8) is 0 Å². The summed E-state index contributed by atoms with van der Waals surface area (Å²) >= 11 is 3.09. The third-order valence-electron chi connectivity index (χ3n) is 2.48. The van der Waals surface area contributed by atoms with Gasteiger partial charge in [0, 0.05) is 6.54 Å². The highest BCUT2D eigenvalue weighted by Gasteiger charge is 2.13. The number of nitrogens with one attached hydrogen (secondary N) is 2. The van der Waals surface area contributed by atoms with Crippen LogP contribution < -0.4 is 10.6 Å². The van der Waals surface area contributed by atoms with Crippen LogP contribution in [-0.2, 0) is 4.79 Å². The van der Waals surface area contributed by atoms with Crippen LogP contribution in [0.4, 0.5) is 0 Å². The van der Waals surface area contributed by atoms with Crippen molar-refractivity contribution in [3.8, 4) is 0 Å². The van der Waals surface area contributed by atoms with Gasteiger partial charge in [0.15, 0.2) is 10.4 Å². The Hall–Kier alpha value is -1.34. The molecule has 0 aliphatic rings. The third-order valence-corrected chi connectivity index (χ3v) is 2.91. The average molecular weight is 347 g/mol. The van der Waals surface area contributed by atoms with Crippen LogP contribution in [0.15, 0.2) is 21.2 Å². The van der Waals surface area contributed by atoms with E-state index < -0.39 is 12.0 Å². The molecule has 0 radical (unpaired) electrons. The summed E-state index contributed by atoms with van der Waals surface area (Å²) in [6.45, 7) is 4.00. The van der Waals surface area contributed by atoms with Crippen LogP contribution in [0.5, 0.6) is 0 Å². The fourth-order valence-corrected chi connectivity index (χ4v) is 1.91. The summed E-state index contributed by atoms with van der Waals surface area (Å²) in [6.07, 6.45) is 0.0447. The largest absolute Gasteiger partial charge is 0.444 e. The van der Waals surface area contributed by atoms with Crippen molar-refractivity contribution in [1.29, 1.82) is 0 Å². The summed E-state index contributed by atoms with van der Waals surface area (Å²) in [4.78, 5) is 23.1. The van der Waals surface area contributed by atoms with Crippen LogP contribution in [0.1, 0.15) is 30.8 Å². The van der Waals surface area contributed by atoms with Crippen molar-refractivity contribution in [2.45, 2.75) is 26.4 Å². The molecule has 1 heterocycles. The van der Waals surface area contributed by atoms with E-state index in [2.05, 4.69) is 26.6 Å². The monoisotopic (exact) mass is 346 g/mol. The molecule has 1 aromatic heterocycles. The molecule has 0 aromatic carbocycles. The lowest BCUT2D eigenvalue weighted by Crippen LogP contribution is -2.40. The molecule has 0 spiro atoms. The molecule has 1 unspecified atom stereocenters. The molecule has 1 atom stereocenters. The normalized spacial score (nSPS) is 12.2. The summed E-state index contributed by atoms with van der Waals surface area (Å²) in [7, 11) is 0. The second kappa shape index (κ2) is 8.06. The minimum atomic E-state index is -0.573. The smallest absolute Gasteiger partial charge is 0.287 e. The number of carbonyl (C=O) groups excluding carboxylic acids is 2.